The third kappa shape index (κ3) is 4.84. The second-order valence-electron chi connectivity index (χ2n) is 6.67. The number of anilines is 2. The molecule has 3 aromatic carbocycles. The van der Waals surface area contributed by atoms with Crippen molar-refractivity contribution in [1.29, 1.82) is 0 Å². The van der Waals surface area contributed by atoms with Gasteiger partial charge in [0.2, 0.25) is 0 Å². The van der Waals surface area contributed by atoms with E-state index in [0.717, 1.165) is 5.56 Å². The van der Waals surface area contributed by atoms with Crippen LogP contribution in [0.5, 0.6) is 0 Å². The van der Waals surface area contributed by atoms with Gasteiger partial charge >= 0.3 is 0 Å². The van der Waals surface area contributed by atoms with E-state index >= 15 is 0 Å². The van der Waals surface area contributed by atoms with Crippen LogP contribution in [-0.2, 0) is 10.0 Å². The molecule has 0 saturated heterocycles. The summed E-state index contributed by atoms with van der Waals surface area (Å²) in [7, 11) is -3.66. The van der Waals surface area contributed by atoms with Gasteiger partial charge in [0, 0.05) is 17.8 Å². The van der Waals surface area contributed by atoms with Gasteiger partial charge in [-0.2, -0.15) is 0 Å². The monoisotopic (exact) mass is 408 g/mol. The molecular weight excluding hydrogens is 384 g/mol. The fourth-order valence-corrected chi connectivity index (χ4v) is 4.46. The molecule has 0 aromatic heterocycles. The molecule has 5 nitrogen and oxygen atoms in total. The molecule has 0 spiro atoms. The van der Waals surface area contributed by atoms with Gasteiger partial charge in [-0.1, -0.05) is 48.0 Å². The van der Waals surface area contributed by atoms with Crippen LogP contribution in [0.15, 0.2) is 83.8 Å². The van der Waals surface area contributed by atoms with Gasteiger partial charge in [-0.25, -0.2) is 8.42 Å². The second-order valence-corrected chi connectivity index (χ2v) is 8.53. The van der Waals surface area contributed by atoms with Gasteiger partial charge in [-0.05, 0) is 50.2 Å². The minimum absolute atomic E-state index is 0.0251. The molecule has 0 aliphatic carbocycles. The number of benzene rings is 3. The minimum Gasteiger partial charge on any atom is -0.378 e. The number of ketones is 1. The molecular formula is C23H24N2O3S. The molecule has 0 saturated carbocycles. The predicted octanol–water partition coefficient (Wildman–Crippen LogP) is 4.51. The fourth-order valence-electron chi connectivity index (χ4n) is 2.98. The van der Waals surface area contributed by atoms with E-state index in [1.807, 2.05) is 37.3 Å². The van der Waals surface area contributed by atoms with Crippen molar-refractivity contribution in [2.75, 3.05) is 22.7 Å². The minimum atomic E-state index is -3.66. The number of para-hydroxylation sites is 1. The molecule has 29 heavy (non-hydrogen) atoms. The van der Waals surface area contributed by atoms with Crippen LogP contribution in [0.4, 0.5) is 11.4 Å². The lowest BCUT2D eigenvalue weighted by Crippen LogP contribution is -2.30. The maximum atomic E-state index is 13.0. The van der Waals surface area contributed by atoms with Crippen molar-refractivity contribution >= 4 is 27.2 Å². The maximum Gasteiger partial charge on any atom is 0.264 e. The quantitative estimate of drug-likeness (QED) is 0.557. The van der Waals surface area contributed by atoms with E-state index in [0.29, 0.717) is 23.5 Å². The molecule has 0 fully saturated rings. The van der Waals surface area contributed by atoms with Gasteiger partial charge in [-0.15, -0.1) is 0 Å². The van der Waals surface area contributed by atoms with Crippen LogP contribution in [0, 0.1) is 6.92 Å². The Labute approximate surface area is 172 Å². The summed E-state index contributed by atoms with van der Waals surface area (Å²) in [6.45, 7) is 4.24. The Hall–Kier alpha value is -3.12. The average molecular weight is 409 g/mol. The third-order valence-corrected chi connectivity index (χ3v) is 6.52. The SMILES string of the molecule is CCN(c1ccccc1)S(=O)(=O)c1ccc(NCC(=O)c2ccc(C)cc2)cc1. The van der Waals surface area contributed by atoms with E-state index in [9.17, 15) is 13.2 Å². The number of aryl methyl sites for hydroxylation is 1. The first-order valence-corrected chi connectivity index (χ1v) is 10.9. The smallest absolute Gasteiger partial charge is 0.264 e. The number of sulfonamides is 1. The molecule has 0 unspecified atom stereocenters. The summed E-state index contributed by atoms with van der Waals surface area (Å²) < 4.78 is 27.4. The normalized spacial score (nSPS) is 11.1. The van der Waals surface area contributed by atoms with Gasteiger partial charge in [0.15, 0.2) is 5.78 Å². The summed E-state index contributed by atoms with van der Waals surface area (Å²) in [6.07, 6.45) is 0. The number of rotatable bonds is 8. The number of hydrogen-bond acceptors (Lipinski definition) is 4. The van der Waals surface area contributed by atoms with E-state index in [2.05, 4.69) is 5.32 Å². The summed E-state index contributed by atoms with van der Waals surface area (Å²) in [5, 5.41) is 3.05. The highest BCUT2D eigenvalue weighted by atomic mass is 32.2. The summed E-state index contributed by atoms with van der Waals surface area (Å²) in [4.78, 5) is 12.5. The molecule has 0 aliphatic rings. The summed E-state index contributed by atoms with van der Waals surface area (Å²) >= 11 is 0. The topological polar surface area (TPSA) is 66.5 Å². The first kappa shape index (κ1) is 20.6. The van der Waals surface area contributed by atoms with Crippen molar-refractivity contribution in [3.8, 4) is 0 Å². The molecule has 1 N–H and O–H groups in total. The van der Waals surface area contributed by atoms with Crippen molar-refractivity contribution in [3.05, 3.63) is 90.0 Å². The summed E-state index contributed by atoms with van der Waals surface area (Å²) in [5.74, 6) is -0.0251. The highest BCUT2D eigenvalue weighted by Crippen LogP contribution is 2.24. The Morgan fingerprint density at radius 3 is 2.10 bits per heavy atom. The molecule has 0 atom stereocenters. The number of nitrogens with one attached hydrogen (secondary N) is 1. The van der Waals surface area contributed by atoms with Gasteiger partial charge in [-0.3, -0.25) is 9.10 Å². The van der Waals surface area contributed by atoms with Crippen molar-refractivity contribution in [2.45, 2.75) is 18.7 Å². The van der Waals surface area contributed by atoms with Gasteiger partial charge in [0.25, 0.3) is 10.0 Å². The maximum absolute atomic E-state index is 13.0. The van der Waals surface area contributed by atoms with Crippen molar-refractivity contribution < 1.29 is 13.2 Å². The third-order valence-electron chi connectivity index (χ3n) is 4.60. The summed E-state index contributed by atoms with van der Waals surface area (Å²) in [6, 6.07) is 22.9. The predicted molar refractivity (Wildman–Crippen MR) is 117 cm³/mol. The first-order valence-electron chi connectivity index (χ1n) is 9.43. The molecule has 3 aromatic rings. The van der Waals surface area contributed by atoms with Crippen molar-refractivity contribution in [1.82, 2.24) is 0 Å². The standard InChI is InChI=1S/C23H24N2O3S/c1-3-25(21-7-5-4-6-8-21)29(27,28)22-15-13-20(14-16-22)24-17-23(26)19-11-9-18(2)10-12-19/h4-16,24H,3,17H2,1-2H3. The zero-order valence-corrected chi connectivity index (χ0v) is 17.3. The van der Waals surface area contributed by atoms with Crippen LogP contribution in [0.25, 0.3) is 0 Å². The van der Waals surface area contributed by atoms with E-state index in [-0.39, 0.29) is 17.2 Å². The zero-order chi connectivity index (χ0) is 20.9. The van der Waals surface area contributed by atoms with Crippen molar-refractivity contribution in [2.24, 2.45) is 0 Å². The lowest BCUT2D eigenvalue weighted by atomic mass is 10.1. The Balaban J connectivity index is 1.70. The van der Waals surface area contributed by atoms with Gasteiger partial charge < -0.3 is 5.32 Å². The molecule has 0 heterocycles. The Bertz CT molecular complexity index is 1060. The Morgan fingerprint density at radius 2 is 1.52 bits per heavy atom. The molecule has 0 amide bonds. The van der Waals surface area contributed by atoms with Crippen molar-refractivity contribution in [3.63, 3.8) is 0 Å². The van der Waals surface area contributed by atoms with E-state index < -0.39 is 10.0 Å². The number of carbonyl (C=O) groups excluding carboxylic acids is 1. The number of carbonyl (C=O) groups is 1. The van der Waals surface area contributed by atoms with Crippen LogP contribution in [0.1, 0.15) is 22.8 Å². The van der Waals surface area contributed by atoms with Crippen LogP contribution in [0.3, 0.4) is 0 Å². The Morgan fingerprint density at radius 1 is 0.897 bits per heavy atom. The van der Waals surface area contributed by atoms with Crippen LogP contribution in [0.2, 0.25) is 0 Å². The van der Waals surface area contributed by atoms with Crippen LogP contribution >= 0.6 is 0 Å². The first-order chi connectivity index (χ1) is 13.9. The molecule has 0 bridgehead atoms. The molecule has 0 aliphatic heterocycles. The van der Waals surface area contributed by atoms with E-state index in [1.54, 1.807) is 55.5 Å². The van der Waals surface area contributed by atoms with Crippen LogP contribution < -0.4 is 9.62 Å². The number of hydrogen-bond donors (Lipinski definition) is 1. The highest BCUT2D eigenvalue weighted by Gasteiger charge is 2.23. The highest BCUT2D eigenvalue weighted by molar-refractivity contribution is 7.92. The Kier molecular flexibility index (Phi) is 6.34. The average Bonchev–Trinajstić information content (AvgIpc) is 2.74. The molecule has 0 radical (unpaired) electrons. The number of nitrogens with zero attached hydrogens (tertiary/aromatic N) is 1. The largest absolute Gasteiger partial charge is 0.378 e. The molecule has 6 heteroatoms. The zero-order valence-electron chi connectivity index (χ0n) is 16.5. The lowest BCUT2D eigenvalue weighted by molar-refractivity contribution is 0.101. The van der Waals surface area contributed by atoms with E-state index in [1.165, 1.54) is 4.31 Å². The molecule has 150 valence electrons. The van der Waals surface area contributed by atoms with E-state index in [4.69, 9.17) is 0 Å². The molecule has 3 rings (SSSR count). The number of Topliss-reactive ketones (excluding diaryl/α,β-unsaturated/α-hetero) is 1. The summed E-state index contributed by atoms with van der Waals surface area (Å²) in [5.41, 5.74) is 3.06. The van der Waals surface area contributed by atoms with Gasteiger partial charge in [0.1, 0.15) is 0 Å². The van der Waals surface area contributed by atoms with Gasteiger partial charge in [0.05, 0.1) is 17.1 Å². The van der Waals surface area contributed by atoms with Crippen LogP contribution in [-0.4, -0.2) is 27.3 Å². The fraction of sp³-hybridized carbons (Fsp3) is 0.174. The second kappa shape index (κ2) is 8.92. The lowest BCUT2D eigenvalue weighted by Gasteiger charge is -2.23.